The Kier molecular flexibility index (Phi) is 6.26. The fourth-order valence-corrected chi connectivity index (χ4v) is 4.67. The molecule has 1 unspecified atom stereocenters. The maximum absolute atomic E-state index is 13.3. The maximum Gasteiger partial charge on any atom is 0.231 e. The van der Waals surface area contributed by atoms with Crippen LogP contribution in [0, 0.1) is 12.8 Å². The monoisotopic (exact) mass is 443 g/mol. The van der Waals surface area contributed by atoms with Crippen LogP contribution in [0.1, 0.15) is 41.3 Å². The molecule has 3 heterocycles. The molecule has 170 valence electrons. The van der Waals surface area contributed by atoms with Gasteiger partial charge < -0.3 is 14.8 Å². The minimum atomic E-state index is -0.244. The van der Waals surface area contributed by atoms with Crippen LogP contribution >= 0.6 is 0 Å². The van der Waals surface area contributed by atoms with Crippen LogP contribution in [0.3, 0.4) is 0 Å². The molecule has 1 amide bonds. The van der Waals surface area contributed by atoms with Crippen LogP contribution in [-0.4, -0.2) is 35.7 Å². The molecule has 1 N–H and O–H groups in total. The summed E-state index contributed by atoms with van der Waals surface area (Å²) in [5, 5.41) is 3.30. The quantitative estimate of drug-likeness (QED) is 0.618. The molecule has 6 heteroatoms. The highest BCUT2D eigenvalue weighted by Crippen LogP contribution is 2.33. The van der Waals surface area contributed by atoms with Gasteiger partial charge in [-0.05, 0) is 67.7 Å². The zero-order valence-electron chi connectivity index (χ0n) is 18.9. The summed E-state index contributed by atoms with van der Waals surface area (Å²) in [6.07, 6.45) is 3.48. The first kappa shape index (κ1) is 21.5. The topological polar surface area (TPSA) is 63.7 Å². The zero-order chi connectivity index (χ0) is 22.6. The predicted octanol–water partition coefficient (Wildman–Crippen LogP) is 4.24. The Morgan fingerprint density at radius 3 is 2.64 bits per heavy atom. The smallest absolute Gasteiger partial charge is 0.231 e. The van der Waals surface area contributed by atoms with E-state index in [0.717, 1.165) is 60.8 Å². The number of benzene rings is 2. The number of pyridine rings is 1. The molecule has 2 aliphatic heterocycles. The highest BCUT2D eigenvalue weighted by Gasteiger charge is 2.28. The summed E-state index contributed by atoms with van der Waals surface area (Å²) in [7, 11) is 0. The number of nitrogens with one attached hydrogen (secondary N) is 1. The van der Waals surface area contributed by atoms with Crippen molar-refractivity contribution in [1.82, 2.24) is 15.2 Å². The molecule has 2 aliphatic rings. The summed E-state index contributed by atoms with van der Waals surface area (Å²) in [4.78, 5) is 20.3. The van der Waals surface area contributed by atoms with Crippen LogP contribution in [0.5, 0.6) is 11.5 Å². The van der Waals surface area contributed by atoms with Crippen molar-refractivity contribution >= 4 is 5.91 Å². The maximum atomic E-state index is 13.3. The number of fused-ring (bicyclic) bond motifs is 1. The molecule has 0 aliphatic carbocycles. The fraction of sp³-hybridized carbons (Fsp3) is 0.333. The highest BCUT2D eigenvalue weighted by atomic mass is 16.7. The van der Waals surface area contributed by atoms with E-state index in [1.165, 1.54) is 5.56 Å². The van der Waals surface area contributed by atoms with Crippen LogP contribution in [0.2, 0.25) is 0 Å². The van der Waals surface area contributed by atoms with E-state index in [1.54, 1.807) is 6.20 Å². The van der Waals surface area contributed by atoms with Gasteiger partial charge >= 0.3 is 0 Å². The van der Waals surface area contributed by atoms with Crippen molar-refractivity contribution in [1.29, 1.82) is 0 Å². The summed E-state index contributed by atoms with van der Waals surface area (Å²) in [5.41, 5.74) is 4.23. The Bertz CT molecular complexity index is 1110. The van der Waals surface area contributed by atoms with Crippen LogP contribution in [0.4, 0.5) is 0 Å². The normalized spacial score (nSPS) is 17.0. The SMILES string of the molecule is Cc1cccnc1C(NC(=O)C1CCN(Cc2ccc3c(c2)OCO3)CC1)c1ccccc1. The van der Waals surface area contributed by atoms with Gasteiger partial charge in [0.15, 0.2) is 11.5 Å². The molecule has 33 heavy (non-hydrogen) atoms. The predicted molar refractivity (Wildman–Crippen MR) is 126 cm³/mol. The van der Waals surface area contributed by atoms with Crippen molar-refractivity contribution in [2.24, 2.45) is 5.92 Å². The molecule has 1 saturated heterocycles. The van der Waals surface area contributed by atoms with Gasteiger partial charge in [-0.15, -0.1) is 0 Å². The molecule has 2 aromatic carbocycles. The van der Waals surface area contributed by atoms with E-state index in [0.29, 0.717) is 6.79 Å². The fourth-order valence-electron chi connectivity index (χ4n) is 4.67. The molecule has 0 bridgehead atoms. The lowest BCUT2D eigenvalue weighted by atomic mass is 9.93. The number of aryl methyl sites for hydroxylation is 1. The first-order chi connectivity index (χ1) is 16.2. The summed E-state index contributed by atoms with van der Waals surface area (Å²) in [6, 6.07) is 19.9. The van der Waals surface area contributed by atoms with E-state index >= 15 is 0 Å². The number of aromatic nitrogens is 1. The third-order valence-corrected chi connectivity index (χ3v) is 6.54. The molecule has 1 aromatic heterocycles. The number of ether oxygens (including phenoxy) is 2. The Morgan fingerprint density at radius 1 is 1.06 bits per heavy atom. The standard InChI is InChI=1S/C27H29N3O3/c1-19-6-5-13-28-25(19)26(21-7-3-2-4-8-21)29-27(31)22-11-14-30(15-12-22)17-20-9-10-23-24(16-20)33-18-32-23/h2-10,13,16,22,26H,11-12,14-15,17-18H2,1H3,(H,29,31). The lowest BCUT2D eigenvalue weighted by molar-refractivity contribution is -0.127. The van der Waals surface area contributed by atoms with Gasteiger partial charge in [-0.25, -0.2) is 0 Å². The molecule has 1 atom stereocenters. The number of carbonyl (C=O) groups is 1. The molecular formula is C27H29N3O3. The van der Waals surface area contributed by atoms with Gasteiger partial charge in [-0.2, -0.15) is 0 Å². The van der Waals surface area contributed by atoms with Gasteiger partial charge in [0, 0.05) is 18.7 Å². The summed E-state index contributed by atoms with van der Waals surface area (Å²) < 4.78 is 10.9. The average molecular weight is 444 g/mol. The number of carbonyl (C=O) groups excluding carboxylic acids is 1. The van der Waals surface area contributed by atoms with Crippen molar-refractivity contribution < 1.29 is 14.3 Å². The third kappa shape index (κ3) is 4.86. The number of hydrogen-bond acceptors (Lipinski definition) is 5. The molecule has 0 saturated carbocycles. The van der Waals surface area contributed by atoms with Gasteiger partial charge in [-0.3, -0.25) is 14.7 Å². The van der Waals surface area contributed by atoms with Crippen LogP contribution in [-0.2, 0) is 11.3 Å². The van der Waals surface area contributed by atoms with E-state index in [9.17, 15) is 4.79 Å². The van der Waals surface area contributed by atoms with Crippen molar-refractivity contribution in [2.75, 3.05) is 19.9 Å². The Hall–Kier alpha value is -3.38. The second-order valence-corrected chi connectivity index (χ2v) is 8.80. The lowest BCUT2D eigenvalue weighted by Gasteiger charge is -2.32. The second kappa shape index (κ2) is 9.63. The third-order valence-electron chi connectivity index (χ3n) is 6.54. The first-order valence-corrected chi connectivity index (χ1v) is 11.5. The van der Waals surface area contributed by atoms with Crippen LogP contribution in [0.15, 0.2) is 66.9 Å². The van der Waals surface area contributed by atoms with Gasteiger partial charge in [0.25, 0.3) is 0 Å². The first-order valence-electron chi connectivity index (χ1n) is 11.5. The van der Waals surface area contributed by atoms with Gasteiger partial charge in [0.05, 0.1) is 11.7 Å². The number of rotatable bonds is 6. The number of amides is 1. The lowest BCUT2D eigenvalue weighted by Crippen LogP contribution is -2.41. The molecule has 5 rings (SSSR count). The Balaban J connectivity index is 1.22. The van der Waals surface area contributed by atoms with E-state index in [1.807, 2.05) is 55.5 Å². The average Bonchev–Trinajstić information content (AvgIpc) is 3.32. The van der Waals surface area contributed by atoms with Crippen molar-refractivity contribution in [3.63, 3.8) is 0 Å². The summed E-state index contributed by atoms with van der Waals surface area (Å²) in [5.74, 6) is 1.74. The highest BCUT2D eigenvalue weighted by molar-refractivity contribution is 5.79. The molecule has 6 nitrogen and oxygen atoms in total. The Labute approximate surface area is 194 Å². The van der Waals surface area contributed by atoms with Crippen molar-refractivity contribution in [3.05, 3.63) is 89.2 Å². The van der Waals surface area contributed by atoms with Gasteiger partial charge in [-0.1, -0.05) is 42.5 Å². The van der Waals surface area contributed by atoms with E-state index in [2.05, 4.69) is 27.3 Å². The molecule has 0 spiro atoms. The number of piperidine rings is 1. The van der Waals surface area contributed by atoms with Crippen molar-refractivity contribution in [3.8, 4) is 11.5 Å². The van der Waals surface area contributed by atoms with Gasteiger partial charge in [0.2, 0.25) is 12.7 Å². The number of hydrogen-bond donors (Lipinski definition) is 1. The van der Waals surface area contributed by atoms with E-state index < -0.39 is 0 Å². The minimum Gasteiger partial charge on any atom is -0.454 e. The van der Waals surface area contributed by atoms with Crippen molar-refractivity contribution in [2.45, 2.75) is 32.4 Å². The number of nitrogens with zero attached hydrogens (tertiary/aromatic N) is 2. The van der Waals surface area contributed by atoms with Crippen LogP contribution < -0.4 is 14.8 Å². The van der Waals surface area contributed by atoms with E-state index in [4.69, 9.17) is 9.47 Å². The summed E-state index contributed by atoms with van der Waals surface area (Å²) in [6.45, 7) is 4.97. The molecule has 1 fully saturated rings. The number of likely N-dealkylation sites (tertiary alicyclic amines) is 1. The zero-order valence-corrected chi connectivity index (χ0v) is 18.9. The van der Waals surface area contributed by atoms with E-state index in [-0.39, 0.29) is 17.9 Å². The second-order valence-electron chi connectivity index (χ2n) is 8.80. The van der Waals surface area contributed by atoms with Crippen LogP contribution in [0.25, 0.3) is 0 Å². The molecule has 3 aromatic rings. The molecule has 0 radical (unpaired) electrons. The largest absolute Gasteiger partial charge is 0.454 e. The minimum absolute atomic E-state index is 0.00762. The summed E-state index contributed by atoms with van der Waals surface area (Å²) >= 11 is 0. The Morgan fingerprint density at radius 2 is 1.85 bits per heavy atom. The molecular weight excluding hydrogens is 414 g/mol. The van der Waals surface area contributed by atoms with Gasteiger partial charge in [0.1, 0.15) is 0 Å².